The summed E-state index contributed by atoms with van der Waals surface area (Å²) >= 11 is 1.30. The molecule has 1 aliphatic heterocycles. The molecule has 0 saturated heterocycles. The van der Waals surface area contributed by atoms with Crippen LogP contribution in [0.15, 0.2) is 142 Å². The third-order valence-corrected chi connectivity index (χ3v) is 9.38. The van der Waals surface area contributed by atoms with Crippen LogP contribution in [0, 0.1) is 0 Å². The Balaban J connectivity index is 1.52. The number of ether oxygens (including phenoxy) is 2. The number of thiazole rings is 1. The average molecular weight is 652 g/mol. The molecule has 0 bridgehead atoms. The van der Waals surface area contributed by atoms with Gasteiger partial charge in [0.05, 0.1) is 40.9 Å². The van der Waals surface area contributed by atoms with Crippen LogP contribution < -0.4 is 19.6 Å². The molecular formula is C40H33N3O4S. The van der Waals surface area contributed by atoms with Crippen LogP contribution in [0.3, 0.4) is 0 Å². The number of esters is 1. The van der Waals surface area contributed by atoms with Gasteiger partial charge in [0.15, 0.2) is 4.80 Å². The maximum Gasteiger partial charge on any atom is 0.338 e. The molecule has 7 rings (SSSR count). The Bertz CT molecular complexity index is 2340. The van der Waals surface area contributed by atoms with E-state index in [0.717, 1.165) is 33.8 Å². The minimum Gasteiger partial charge on any atom is -0.496 e. The van der Waals surface area contributed by atoms with Gasteiger partial charge in [-0.2, -0.15) is 0 Å². The quantitative estimate of drug-likeness (QED) is 0.167. The topological polar surface area (TPSA) is 74.8 Å². The Morgan fingerprint density at radius 3 is 2.17 bits per heavy atom. The number of para-hydroxylation sites is 2. The summed E-state index contributed by atoms with van der Waals surface area (Å²) in [6.45, 7) is 3.74. The summed E-state index contributed by atoms with van der Waals surface area (Å²) in [4.78, 5) is 33.3. The third-order valence-electron chi connectivity index (χ3n) is 8.40. The number of aromatic nitrogens is 2. The first-order valence-corrected chi connectivity index (χ1v) is 16.6. The van der Waals surface area contributed by atoms with E-state index < -0.39 is 12.0 Å². The van der Waals surface area contributed by atoms with Crippen molar-refractivity contribution in [3.8, 4) is 34.0 Å². The Morgan fingerprint density at radius 1 is 0.875 bits per heavy atom. The van der Waals surface area contributed by atoms with E-state index in [2.05, 4.69) is 47.0 Å². The smallest absolute Gasteiger partial charge is 0.338 e. The SMILES string of the molecule is CCOC(=O)C1=C(C)N=c2sc(=Cc3cc(-c4ccccc4)n(-c4ccccc4)c3-c3ccccc3)c(=O)n2C1c1ccccc1OC. The maximum atomic E-state index is 14.6. The van der Waals surface area contributed by atoms with Gasteiger partial charge in [0.25, 0.3) is 5.56 Å². The Morgan fingerprint density at radius 2 is 1.50 bits per heavy atom. The van der Waals surface area contributed by atoms with Gasteiger partial charge < -0.3 is 14.0 Å². The molecule has 2 aromatic heterocycles. The fraction of sp³-hybridized carbons (Fsp3) is 0.125. The summed E-state index contributed by atoms with van der Waals surface area (Å²) in [7, 11) is 1.58. The zero-order valence-electron chi connectivity index (χ0n) is 26.8. The van der Waals surface area contributed by atoms with E-state index in [9.17, 15) is 9.59 Å². The molecule has 0 saturated carbocycles. The molecule has 0 aliphatic carbocycles. The van der Waals surface area contributed by atoms with Crippen LogP contribution in [-0.4, -0.2) is 28.8 Å². The highest BCUT2D eigenvalue weighted by atomic mass is 32.1. The van der Waals surface area contributed by atoms with Crippen LogP contribution in [-0.2, 0) is 9.53 Å². The Hall–Kier alpha value is -5.73. The van der Waals surface area contributed by atoms with Gasteiger partial charge in [0, 0.05) is 16.8 Å². The van der Waals surface area contributed by atoms with E-state index in [1.807, 2.05) is 84.9 Å². The average Bonchev–Trinajstić information content (AvgIpc) is 3.65. The number of carbonyl (C=O) groups is 1. The Labute approximate surface area is 282 Å². The first-order valence-electron chi connectivity index (χ1n) is 15.7. The molecule has 1 aliphatic rings. The molecule has 1 unspecified atom stereocenters. The normalized spacial score (nSPS) is 14.4. The van der Waals surface area contributed by atoms with Crippen LogP contribution in [0.1, 0.15) is 31.0 Å². The molecule has 48 heavy (non-hydrogen) atoms. The minimum absolute atomic E-state index is 0.198. The van der Waals surface area contributed by atoms with Gasteiger partial charge in [0.1, 0.15) is 11.8 Å². The first kappa shape index (κ1) is 30.9. The van der Waals surface area contributed by atoms with Crippen molar-refractivity contribution < 1.29 is 14.3 Å². The monoisotopic (exact) mass is 651 g/mol. The van der Waals surface area contributed by atoms with Crippen molar-refractivity contribution in [3.63, 3.8) is 0 Å². The van der Waals surface area contributed by atoms with E-state index in [1.165, 1.54) is 11.3 Å². The van der Waals surface area contributed by atoms with Crippen molar-refractivity contribution in [2.45, 2.75) is 19.9 Å². The second-order valence-corrected chi connectivity index (χ2v) is 12.3. The summed E-state index contributed by atoms with van der Waals surface area (Å²) < 4.78 is 15.5. The zero-order chi connectivity index (χ0) is 33.2. The van der Waals surface area contributed by atoms with Gasteiger partial charge in [0.2, 0.25) is 0 Å². The van der Waals surface area contributed by atoms with Crippen molar-refractivity contribution in [2.24, 2.45) is 4.99 Å². The molecule has 7 nitrogen and oxygen atoms in total. The van der Waals surface area contributed by atoms with E-state index in [1.54, 1.807) is 25.5 Å². The summed E-state index contributed by atoms with van der Waals surface area (Å²) in [5.41, 5.74) is 7.12. The highest BCUT2D eigenvalue weighted by Gasteiger charge is 2.35. The van der Waals surface area contributed by atoms with Crippen molar-refractivity contribution in [3.05, 3.63) is 163 Å². The van der Waals surface area contributed by atoms with Gasteiger partial charge in [-0.3, -0.25) is 9.36 Å². The number of methoxy groups -OCH3 is 1. The predicted molar refractivity (Wildman–Crippen MR) is 190 cm³/mol. The largest absolute Gasteiger partial charge is 0.496 e. The number of hydrogen-bond acceptors (Lipinski definition) is 6. The molecule has 1 atom stereocenters. The second-order valence-electron chi connectivity index (χ2n) is 11.3. The van der Waals surface area contributed by atoms with Crippen molar-refractivity contribution in [1.29, 1.82) is 0 Å². The highest BCUT2D eigenvalue weighted by molar-refractivity contribution is 7.07. The van der Waals surface area contributed by atoms with E-state index in [4.69, 9.17) is 14.5 Å². The molecule has 6 aromatic rings. The molecule has 0 amide bonds. The maximum absolute atomic E-state index is 14.6. The number of hydrogen-bond donors (Lipinski definition) is 0. The predicted octanol–water partition coefficient (Wildman–Crippen LogP) is 6.93. The lowest BCUT2D eigenvalue weighted by Gasteiger charge is -2.25. The minimum atomic E-state index is -0.777. The molecule has 0 fully saturated rings. The lowest BCUT2D eigenvalue weighted by molar-refractivity contribution is -0.139. The number of benzene rings is 4. The third kappa shape index (κ3) is 5.50. The summed E-state index contributed by atoms with van der Waals surface area (Å²) in [6.07, 6.45) is 1.95. The van der Waals surface area contributed by atoms with Crippen LogP contribution in [0.2, 0.25) is 0 Å². The highest BCUT2D eigenvalue weighted by Crippen LogP contribution is 2.38. The molecule has 0 radical (unpaired) electrons. The van der Waals surface area contributed by atoms with Crippen LogP contribution in [0.4, 0.5) is 0 Å². The molecule has 8 heteroatoms. The summed E-state index contributed by atoms with van der Waals surface area (Å²) in [5, 5.41) is 0. The molecular weight excluding hydrogens is 619 g/mol. The van der Waals surface area contributed by atoms with Crippen molar-refractivity contribution in [1.82, 2.24) is 9.13 Å². The van der Waals surface area contributed by atoms with Crippen LogP contribution in [0.25, 0.3) is 34.3 Å². The van der Waals surface area contributed by atoms with E-state index >= 15 is 0 Å². The number of carbonyl (C=O) groups excluding carboxylic acids is 1. The first-order chi connectivity index (χ1) is 23.5. The van der Waals surface area contributed by atoms with Crippen LogP contribution in [0.5, 0.6) is 5.75 Å². The fourth-order valence-electron chi connectivity index (χ4n) is 6.32. The fourth-order valence-corrected chi connectivity index (χ4v) is 7.35. The number of allylic oxidation sites excluding steroid dienone is 1. The molecule has 0 N–H and O–H groups in total. The van der Waals surface area contributed by atoms with Gasteiger partial charge >= 0.3 is 5.97 Å². The van der Waals surface area contributed by atoms with Crippen molar-refractivity contribution in [2.75, 3.05) is 13.7 Å². The molecule has 238 valence electrons. The Kier molecular flexibility index (Phi) is 8.48. The lowest BCUT2D eigenvalue weighted by Crippen LogP contribution is -2.40. The molecule has 4 aromatic carbocycles. The van der Waals surface area contributed by atoms with Crippen LogP contribution >= 0.6 is 11.3 Å². The van der Waals surface area contributed by atoms with Gasteiger partial charge in [-0.05, 0) is 55.3 Å². The van der Waals surface area contributed by atoms with Crippen molar-refractivity contribution >= 4 is 23.4 Å². The summed E-state index contributed by atoms with van der Waals surface area (Å²) in [6, 6.07) is 39.5. The van der Waals surface area contributed by atoms with Gasteiger partial charge in [-0.15, -0.1) is 0 Å². The van der Waals surface area contributed by atoms with E-state index in [0.29, 0.717) is 31.9 Å². The van der Waals surface area contributed by atoms with E-state index in [-0.39, 0.29) is 12.2 Å². The zero-order valence-corrected chi connectivity index (χ0v) is 27.6. The number of nitrogens with zero attached hydrogens (tertiary/aromatic N) is 3. The number of fused-ring (bicyclic) bond motifs is 1. The van der Waals surface area contributed by atoms with Gasteiger partial charge in [-0.25, -0.2) is 9.79 Å². The van der Waals surface area contributed by atoms with Gasteiger partial charge in [-0.1, -0.05) is 108 Å². The lowest BCUT2D eigenvalue weighted by atomic mass is 9.95. The number of rotatable bonds is 8. The molecule has 0 spiro atoms. The summed E-state index contributed by atoms with van der Waals surface area (Å²) in [5.74, 6) is 0.0510. The second kappa shape index (κ2) is 13.2. The standard InChI is InChI=1S/C40H33N3O4S/c1-4-47-39(45)35-26(2)41-40-43(37(35)31-22-14-15-23-33(31)46-3)38(44)34(48-40)25-29-24-32(27-16-8-5-9-17-27)42(30-20-12-7-13-21-30)36(29)28-18-10-6-11-19-28/h5-25,37H,4H2,1-3H3. The molecule has 3 heterocycles.